The van der Waals surface area contributed by atoms with Crippen LogP contribution in [0.2, 0.25) is 0 Å². The monoisotopic (exact) mass is 396 g/mol. The number of imide groups is 1. The van der Waals surface area contributed by atoms with Crippen LogP contribution in [0.1, 0.15) is 42.6 Å². The van der Waals surface area contributed by atoms with Gasteiger partial charge in [-0.05, 0) is 37.3 Å². The van der Waals surface area contributed by atoms with Crippen molar-refractivity contribution in [2.24, 2.45) is 0 Å². The zero-order valence-corrected chi connectivity index (χ0v) is 16.1. The van der Waals surface area contributed by atoms with E-state index in [2.05, 4.69) is 6.58 Å². The largest absolute Gasteiger partial charge is 0.464 e. The van der Waals surface area contributed by atoms with E-state index in [-0.39, 0.29) is 29.8 Å². The van der Waals surface area contributed by atoms with E-state index in [0.717, 1.165) is 10.7 Å². The summed E-state index contributed by atoms with van der Waals surface area (Å²) in [6.07, 6.45) is 1.45. The summed E-state index contributed by atoms with van der Waals surface area (Å²) in [5, 5.41) is 0. The van der Waals surface area contributed by atoms with Crippen molar-refractivity contribution in [1.82, 2.24) is 9.80 Å². The highest BCUT2D eigenvalue weighted by atomic mass is 16.5. The van der Waals surface area contributed by atoms with Gasteiger partial charge in [-0.15, -0.1) is 6.58 Å². The highest BCUT2D eigenvalue weighted by Gasteiger charge is 2.35. The van der Waals surface area contributed by atoms with Gasteiger partial charge < -0.3 is 14.1 Å². The molecule has 29 heavy (non-hydrogen) atoms. The van der Waals surface area contributed by atoms with Crippen LogP contribution in [0.25, 0.3) is 0 Å². The summed E-state index contributed by atoms with van der Waals surface area (Å²) in [7, 11) is 1.57. The van der Waals surface area contributed by atoms with Gasteiger partial charge in [0.15, 0.2) is 6.61 Å². The average Bonchev–Trinajstić information content (AvgIpc) is 3.21. The summed E-state index contributed by atoms with van der Waals surface area (Å²) in [4.78, 5) is 51.4. The molecule has 1 aliphatic rings. The number of likely N-dealkylation sites (N-methyl/N-ethyl adjacent to an activating group) is 1. The van der Waals surface area contributed by atoms with Crippen LogP contribution < -0.4 is 0 Å². The fraction of sp³-hybridized carbons (Fsp3) is 0.238. The van der Waals surface area contributed by atoms with E-state index in [1.165, 1.54) is 29.2 Å². The maximum Gasteiger partial charge on any atom is 0.338 e. The predicted molar refractivity (Wildman–Crippen MR) is 102 cm³/mol. The van der Waals surface area contributed by atoms with Crippen LogP contribution in [-0.4, -0.2) is 53.7 Å². The van der Waals surface area contributed by atoms with Crippen molar-refractivity contribution in [3.63, 3.8) is 0 Å². The Morgan fingerprint density at radius 2 is 1.90 bits per heavy atom. The molecule has 1 aromatic carbocycles. The van der Waals surface area contributed by atoms with Crippen LogP contribution in [-0.2, 0) is 16.1 Å². The molecule has 0 unspecified atom stereocenters. The van der Waals surface area contributed by atoms with E-state index >= 15 is 0 Å². The molecule has 0 atom stereocenters. The smallest absolute Gasteiger partial charge is 0.338 e. The number of furan rings is 1. The minimum absolute atomic E-state index is 0.0855. The molecule has 150 valence electrons. The van der Waals surface area contributed by atoms with E-state index in [0.29, 0.717) is 5.76 Å². The van der Waals surface area contributed by atoms with E-state index in [1.54, 1.807) is 26.1 Å². The number of fused-ring (bicyclic) bond motifs is 1. The zero-order chi connectivity index (χ0) is 21.1. The summed E-state index contributed by atoms with van der Waals surface area (Å²) in [6, 6.07) is 7.67. The molecule has 0 spiro atoms. The molecule has 0 aliphatic carbocycles. The Hall–Kier alpha value is -3.68. The second-order valence-corrected chi connectivity index (χ2v) is 6.61. The van der Waals surface area contributed by atoms with Crippen molar-refractivity contribution >= 4 is 23.7 Å². The van der Waals surface area contributed by atoms with E-state index in [9.17, 15) is 19.2 Å². The molecular formula is C21H20N2O6. The topological polar surface area (TPSA) is 97.1 Å². The highest BCUT2D eigenvalue weighted by molar-refractivity contribution is 6.22. The molecular weight excluding hydrogens is 376 g/mol. The van der Waals surface area contributed by atoms with Crippen LogP contribution >= 0.6 is 0 Å². The number of nitrogens with zero attached hydrogens (tertiary/aromatic N) is 2. The fourth-order valence-corrected chi connectivity index (χ4v) is 2.93. The van der Waals surface area contributed by atoms with Gasteiger partial charge in [-0.1, -0.05) is 6.08 Å². The first-order chi connectivity index (χ1) is 13.8. The van der Waals surface area contributed by atoms with Crippen molar-refractivity contribution in [2.45, 2.75) is 13.5 Å². The molecule has 0 fully saturated rings. The standard InChI is InChI=1S/C21H20N2O6/c1-4-9-23-19(25)16-8-6-14(10-17(16)20(23)26)21(27)28-12-18(24)22(3)11-15-7-5-13(2)29-15/h4-8,10H,1,9,11-12H2,2-3H3. The number of carbonyl (C=O) groups excluding carboxylic acids is 4. The van der Waals surface area contributed by atoms with Gasteiger partial charge in [0.25, 0.3) is 17.7 Å². The van der Waals surface area contributed by atoms with E-state index in [1.807, 2.05) is 0 Å². The van der Waals surface area contributed by atoms with Crippen molar-refractivity contribution in [2.75, 3.05) is 20.2 Å². The Bertz CT molecular complexity index is 1010. The average molecular weight is 396 g/mol. The third-order valence-corrected chi connectivity index (χ3v) is 4.46. The minimum atomic E-state index is -0.759. The van der Waals surface area contributed by atoms with Crippen molar-refractivity contribution in [3.05, 3.63) is 71.2 Å². The number of aryl methyl sites for hydroxylation is 1. The summed E-state index contributed by atoms with van der Waals surface area (Å²) in [5.41, 5.74) is 0.434. The first-order valence-corrected chi connectivity index (χ1v) is 8.89. The molecule has 0 N–H and O–H groups in total. The number of carbonyl (C=O) groups is 4. The van der Waals surface area contributed by atoms with E-state index < -0.39 is 30.3 Å². The fourth-order valence-electron chi connectivity index (χ4n) is 2.93. The van der Waals surface area contributed by atoms with Crippen LogP contribution in [0.4, 0.5) is 0 Å². The molecule has 2 heterocycles. The molecule has 1 aliphatic heterocycles. The number of hydrogen-bond donors (Lipinski definition) is 0. The quantitative estimate of drug-likeness (QED) is 0.404. The Kier molecular flexibility index (Phi) is 5.63. The number of esters is 1. The van der Waals surface area contributed by atoms with Crippen molar-refractivity contribution in [1.29, 1.82) is 0 Å². The lowest BCUT2D eigenvalue weighted by molar-refractivity contribution is -0.134. The van der Waals surface area contributed by atoms with Gasteiger partial charge >= 0.3 is 5.97 Å². The summed E-state index contributed by atoms with van der Waals surface area (Å²) in [5.74, 6) is -0.735. The molecule has 8 nitrogen and oxygen atoms in total. The first kappa shape index (κ1) is 20.1. The Morgan fingerprint density at radius 3 is 2.55 bits per heavy atom. The molecule has 0 saturated heterocycles. The minimum Gasteiger partial charge on any atom is -0.464 e. The van der Waals surface area contributed by atoms with Crippen molar-refractivity contribution in [3.8, 4) is 0 Å². The number of hydrogen-bond acceptors (Lipinski definition) is 6. The van der Waals surface area contributed by atoms with Gasteiger partial charge in [-0.3, -0.25) is 19.3 Å². The Balaban J connectivity index is 1.62. The molecule has 0 radical (unpaired) electrons. The van der Waals surface area contributed by atoms with Gasteiger partial charge in [-0.2, -0.15) is 0 Å². The Morgan fingerprint density at radius 1 is 1.17 bits per heavy atom. The maximum absolute atomic E-state index is 12.3. The summed E-state index contributed by atoms with van der Waals surface area (Å²) < 4.78 is 10.5. The van der Waals surface area contributed by atoms with Crippen molar-refractivity contribution < 1.29 is 28.3 Å². The number of amides is 3. The molecule has 0 saturated carbocycles. The van der Waals surface area contributed by atoms with E-state index in [4.69, 9.17) is 9.15 Å². The lowest BCUT2D eigenvalue weighted by atomic mass is 10.1. The lowest BCUT2D eigenvalue weighted by Crippen LogP contribution is -2.30. The van der Waals surface area contributed by atoms with Crippen LogP contribution in [0.5, 0.6) is 0 Å². The molecule has 8 heteroatoms. The van der Waals surface area contributed by atoms with Crippen LogP contribution in [0.3, 0.4) is 0 Å². The van der Waals surface area contributed by atoms with Crippen LogP contribution in [0, 0.1) is 6.92 Å². The molecule has 0 bridgehead atoms. The van der Waals surface area contributed by atoms with Gasteiger partial charge in [-0.25, -0.2) is 4.79 Å². The van der Waals surface area contributed by atoms with Gasteiger partial charge in [0, 0.05) is 13.6 Å². The molecule has 2 aromatic rings. The molecule has 1 aromatic heterocycles. The Labute approximate surface area is 167 Å². The van der Waals surface area contributed by atoms with Gasteiger partial charge in [0.1, 0.15) is 11.5 Å². The SMILES string of the molecule is C=CCN1C(=O)c2ccc(C(=O)OCC(=O)N(C)Cc3ccc(C)o3)cc2C1=O. The zero-order valence-electron chi connectivity index (χ0n) is 16.1. The third-order valence-electron chi connectivity index (χ3n) is 4.46. The number of benzene rings is 1. The maximum atomic E-state index is 12.3. The summed E-state index contributed by atoms with van der Waals surface area (Å²) in [6.45, 7) is 5.20. The van der Waals surface area contributed by atoms with Gasteiger partial charge in [0.05, 0.1) is 23.2 Å². The molecule has 3 amide bonds. The highest BCUT2D eigenvalue weighted by Crippen LogP contribution is 2.24. The normalized spacial score (nSPS) is 12.7. The number of rotatable bonds is 7. The van der Waals surface area contributed by atoms with Crippen LogP contribution in [0.15, 0.2) is 47.4 Å². The summed E-state index contributed by atoms with van der Waals surface area (Å²) >= 11 is 0. The predicted octanol–water partition coefficient (Wildman–Crippen LogP) is 2.19. The molecule has 3 rings (SSSR count). The second-order valence-electron chi connectivity index (χ2n) is 6.61. The second kappa shape index (κ2) is 8.14. The number of ether oxygens (including phenoxy) is 1. The van der Waals surface area contributed by atoms with Gasteiger partial charge in [0.2, 0.25) is 0 Å². The lowest BCUT2D eigenvalue weighted by Gasteiger charge is -2.15. The third kappa shape index (κ3) is 4.11. The first-order valence-electron chi connectivity index (χ1n) is 8.89.